The number of nitrogens with zero attached hydrogens (tertiary/aromatic N) is 2. The van der Waals surface area contributed by atoms with Gasteiger partial charge in [0.1, 0.15) is 11.0 Å². The molecule has 1 aromatic rings. The van der Waals surface area contributed by atoms with Gasteiger partial charge in [-0.15, -0.1) is 0 Å². The van der Waals surface area contributed by atoms with Gasteiger partial charge in [-0.3, -0.25) is 9.78 Å². The van der Waals surface area contributed by atoms with Gasteiger partial charge in [0.05, 0.1) is 5.56 Å². The smallest absolute Gasteiger partial charge is 0.303 e. The fourth-order valence-corrected chi connectivity index (χ4v) is 2.22. The van der Waals surface area contributed by atoms with Crippen LogP contribution in [-0.4, -0.2) is 31.0 Å². The second-order valence-corrected chi connectivity index (χ2v) is 5.18. The molecule has 0 fully saturated rings. The third kappa shape index (κ3) is 4.12. The summed E-state index contributed by atoms with van der Waals surface area (Å²) < 4.78 is 25.7. The fourth-order valence-electron chi connectivity index (χ4n) is 1.16. The molecule has 7 nitrogen and oxygen atoms in total. The average molecular weight is 269 g/mol. The SMILES string of the molecule is N#Cc1cncc(S(=O)(=O)NCCCC(=O)O)c1. The van der Waals surface area contributed by atoms with Crippen LogP contribution >= 0.6 is 0 Å². The molecule has 8 heteroatoms. The quantitative estimate of drug-likeness (QED) is 0.706. The predicted octanol–water partition coefficient (Wildman–Crippen LogP) is 0.0964. The van der Waals surface area contributed by atoms with Crippen molar-refractivity contribution in [1.29, 1.82) is 5.26 Å². The highest BCUT2D eigenvalue weighted by Gasteiger charge is 2.14. The molecule has 1 rings (SSSR count). The molecule has 0 amide bonds. The molecule has 0 atom stereocenters. The van der Waals surface area contributed by atoms with Gasteiger partial charge in [0.25, 0.3) is 0 Å². The van der Waals surface area contributed by atoms with Gasteiger partial charge in [-0.1, -0.05) is 0 Å². The Morgan fingerprint density at radius 3 is 2.83 bits per heavy atom. The van der Waals surface area contributed by atoms with Crippen molar-refractivity contribution in [1.82, 2.24) is 9.71 Å². The first-order valence-corrected chi connectivity index (χ1v) is 6.50. The van der Waals surface area contributed by atoms with Crippen LogP contribution in [0.4, 0.5) is 0 Å². The first kappa shape index (κ1) is 14.1. The van der Waals surface area contributed by atoms with E-state index in [1.165, 1.54) is 12.3 Å². The fraction of sp³-hybridized carbons (Fsp3) is 0.300. The van der Waals surface area contributed by atoms with E-state index in [9.17, 15) is 13.2 Å². The number of hydrogen-bond acceptors (Lipinski definition) is 5. The summed E-state index contributed by atoms with van der Waals surface area (Å²) in [5.41, 5.74) is 0.142. The minimum absolute atomic E-state index is 0.0193. The Morgan fingerprint density at radius 2 is 2.22 bits per heavy atom. The number of rotatable bonds is 6. The number of carbonyl (C=O) groups is 1. The van der Waals surface area contributed by atoms with E-state index in [0.717, 1.165) is 6.20 Å². The second kappa shape index (κ2) is 6.09. The molecule has 0 spiro atoms. The van der Waals surface area contributed by atoms with Crippen LogP contribution in [0.3, 0.4) is 0 Å². The number of sulfonamides is 1. The van der Waals surface area contributed by atoms with Crippen molar-refractivity contribution in [3.8, 4) is 6.07 Å². The van der Waals surface area contributed by atoms with Crippen molar-refractivity contribution < 1.29 is 18.3 Å². The Morgan fingerprint density at radius 1 is 1.50 bits per heavy atom. The lowest BCUT2D eigenvalue weighted by Gasteiger charge is -2.05. The van der Waals surface area contributed by atoms with E-state index >= 15 is 0 Å². The summed E-state index contributed by atoms with van der Waals surface area (Å²) in [5, 5.41) is 17.0. The van der Waals surface area contributed by atoms with Gasteiger partial charge in [-0.05, 0) is 12.5 Å². The summed E-state index contributed by atoms with van der Waals surface area (Å²) >= 11 is 0. The molecule has 0 radical (unpaired) electrons. The minimum Gasteiger partial charge on any atom is -0.481 e. The number of aliphatic carboxylic acids is 1. The van der Waals surface area contributed by atoms with Crippen molar-refractivity contribution in [2.45, 2.75) is 17.7 Å². The zero-order valence-corrected chi connectivity index (χ0v) is 10.1. The molecule has 0 saturated carbocycles. The molecule has 0 aliphatic heterocycles. The predicted molar refractivity (Wildman–Crippen MR) is 61.0 cm³/mol. The van der Waals surface area contributed by atoms with Crippen LogP contribution in [0.1, 0.15) is 18.4 Å². The molecule has 0 aromatic carbocycles. The van der Waals surface area contributed by atoms with Crippen molar-refractivity contribution >= 4 is 16.0 Å². The summed E-state index contributed by atoms with van der Waals surface area (Å²) in [4.78, 5) is 13.8. The standard InChI is InChI=1S/C10H11N3O4S/c11-5-8-4-9(7-12-6-8)18(16,17)13-3-1-2-10(14)15/h4,6-7,13H,1-3H2,(H,14,15). The first-order chi connectivity index (χ1) is 8.45. The van der Waals surface area contributed by atoms with Crippen LogP contribution in [0.5, 0.6) is 0 Å². The van der Waals surface area contributed by atoms with Crippen molar-refractivity contribution in [2.75, 3.05) is 6.54 Å². The van der Waals surface area contributed by atoms with Gasteiger partial charge < -0.3 is 5.11 Å². The molecule has 0 aliphatic carbocycles. The van der Waals surface area contributed by atoms with Crippen molar-refractivity contribution in [3.63, 3.8) is 0 Å². The normalized spacial score (nSPS) is 10.8. The van der Waals surface area contributed by atoms with E-state index in [0.29, 0.717) is 0 Å². The highest BCUT2D eigenvalue weighted by atomic mass is 32.2. The summed E-state index contributed by atoms with van der Waals surface area (Å²) in [6.07, 6.45) is 2.46. The average Bonchev–Trinajstić information content (AvgIpc) is 2.34. The van der Waals surface area contributed by atoms with Gasteiger partial charge in [0, 0.05) is 25.4 Å². The topological polar surface area (TPSA) is 120 Å². The highest BCUT2D eigenvalue weighted by Crippen LogP contribution is 2.08. The number of pyridine rings is 1. The molecule has 96 valence electrons. The summed E-state index contributed by atoms with van der Waals surface area (Å²) in [7, 11) is -3.75. The van der Waals surface area contributed by atoms with E-state index < -0.39 is 16.0 Å². The number of nitriles is 1. The van der Waals surface area contributed by atoms with E-state index in [4.69, 9.17) is 10.4 Å². The lowest BCUT2D eigenvalue weighted by Crippen LogP contribution is -2.25. The van der Waals surface area contributed by atoms with Gasteiger partial charge in [0.15, 0.2) is 0 Å². The van der Waals surface area contributed by atoms with Gasteiger partial charge in [0.2, 0.25) is 10.0 Å². The minimum atomic E-state index is -3.75. The largest absolute Gasteiger partial charge is 0.481 e. The molecule has 0 unspecified atom stereocenters. The third-order valence-corrected chi connectivity index (χ3v) is 3.44. The Kier molecular flexibility index (Phi) is 4.76. The molecule has 0 saturated heterocycles. The molecule has 18 heavy (non-hydrogen) atoms. The Balaban J connectivity index is 2.69. The van der Waals surface area contributed by atoms with E-state index in [2.05, 4.69) is 9.71 Å². The summed E-state index contributed by atoms with van der Waals surface area (Å²) in [6, 6.07) is 2.99. The van der Waals surface area contributed by atoms with Gasteiger partial charge in [-0.25, -0.2) is 13.1 Å². The maximum atomic E-state index is 11.7. The molecular weight excluding hydrogens is 258 g/mol. The molecule has 2 N–H and O–H groups in total. The van der Waals surface area contributed by atoms with Crippen LogP contribution in [-0.2, 0) is 14.8 Å². The zero-order chi connectivity index (χ0) is 13.6. The highest BCUT2D eigenvalue weighted by molar-refractivity contribution is 7.89. The molecule has 0 bridgehead atoms. The van der Waals surface area contributed by atoms with Crippen LogP contribution in [0, 0.1) is 11.3 Å². The number of carboxylic acid groups (broad SMARTS) is 1. The van der Waals surface area contributed by atoms with Crippen molar-refractivity contribution in [3.05, 3.63) is 24.0 Å². The van der Waals surface area contributed by atoms with E-state index in [-0.39, 0.29) is 29.8 Å². The summed E-state index contributed by atoms with van der Waals surface area (Å²) in [5.74, 6) is -0.984. The monoisotopic (exact) mass is 269 g/mol. The number of nitrogens with one attached hydrogen (secondary N) is 1. The molecule has 0 aliphatic rings. The Labute approximate surface area is 104 Å². The molecular formula is C10H11N3O4S. The number of aromatic nitrogens is 1. The van der Waals surface area contributed by atoms with Crippen LogP contribution < -0.4 is 4.72 Å². The molecule has 1 heterocycles. The van der Waals surface area contributed by atoms with Crippen LogP contribution in [0.25, 0.3) is 0 Å². The van der Waals surface area contributed by atoms with Gasteiger partial charge in [-0.2, -0.15) is 5.26 Å². The second-order valence-electron chi connectivity index (χ2n) is 3.42. The summed E-state index contributed by atoms with van der Waals surface area (Å²) in [6.45, 7) is 0.0193. The Bertz CT molecular complexity index is 577. The third-order valence-electron chi connectivity index (χ3n) is 2.01. The van der Waals surface area contributed by atoms with Crippen LogP contribution in [0.2, 0.25) is 0 Å². The van der Waals surface area contributed by atoms with Crippen molar-refractivity contribution in [2.24, 2.45) is 0 Å². The van der Waals surface area contributed by atoms with Gasteiger partial charge >= 0.3 is 5.97 Å². The van der Waals surface area contributed by atoms with E-state index in [1.807, 2.05) is 0 Å². The Hall–Kier alpha value is -1.98. The number of carboxylic acids is 1. The van der Waals surface area contributed by atoms with E-state index in [1.54, 1.807) is 6.07 Å². The molecule has 1 aromatic heterocycles. The lowest BCUT2D eigenvalue weighted by atomic mass is 10.3. The maximum absolute atomic E-state index is 11.7. The maximum Gasteiger partial charge on any atom is 0.303 e. The first-order valence-electron chi connectivity index (χ1n) is 5.02. The van der Waals surface area contributed by atoms with Crippen LogP contribution in [0.15, 0.2) is 23.4 Å². The lowest BCUT2D eigenvalue weighted by molar-refractivity contribution is -0.137. The number of hydrogen-bond donors (Lipinski definition) is 2. The zero-order valence-electron chi connectivity index (χ0n) is 9.33.